The Labute approximate surface area is 138 Å². The number of carbonyl (C=O) groups is 2. The molecule has 0 bridgehead atoms. The molecule has 1 aliphatic heterocycles. The van der Waals surface area contributed by atoms with E-state index in [-0.39, 0.29) is 11.9 Å². The third-order valence-corrected chi connectivity index (χ3v) is 4.69. The summed E-state index contributed by atoms with van der Waals surface area (Å²) >= 11 is 0. The van der Waals surface area contributed by atoms with E-state index < -0.39 is 11.9 Å². The summed E-state index contributed by atoms with van der Waals surface area (Å²) in [6.07, 6.45) is 2.79. The van der Waals surface area contributed by atoms with Crippen LogP contribution in [0.2, 0.25) is 0 Å². The maximum Gasteiger partial charge on any atom is 0.308 e. The van der Waals surface area contributed by atoms with Crippen molar-refractivity contribution in [3.8, 4) is 0 Å². The molecule has 0 aliphatic carbocycles. The van der Waals surface area contributed by atoms with Crippen LogP contribution in [0.4, 0.5) is 0 Å². The van der Waals surface area contributed by atoms with Crippen LogP contribution in [0.5, 0.6) is 0 Å². The molecule has 1 aromatic carbocycles. The molecule has 2 rings (SSSR count). The average Bonchev–Trinajstić information content (AvgIpc) is 2.87. The standard InChI is InChI=1S/C19H27NO3/c1-13(2)12-16-6-4-15(5-7-16)8-9-18(21)20-11-10-17(14(20)3)19(22)23/h4-7,13-14,17H,8-12H2,1-3H3,(H,22,23). The number of likely N-dealkylation sites (tertiary alicyclic amines) is 1. The van der Waals surface area contributed by atoms with Crippen molar-refractivity contribution in [2.75, 3.05) is 6.54 Å². The number of rotatable bonds is 6. The van der Waals surface area contributed by atoms with Gasteiger partial charge in [0.05, 0.1) is 5.92 Å². The van der Waals surface area contributed by atoms with Crippen molar-refractivity contribution in [1.82, 2.24) is 4.90 Å². The Balaban J connectivity index is 1.86. The number of carboxylic acids is 1. The minimum Gasteiger partial charge on any atom is -0.481 e. The number of benzene rings is 1. The van der Waals surface area contributed by atoms with E-state index in [1.807, 2.05) is 6.92 Å². The lowest BCUT2D eigenvalue weighted by Gasteiger charge is -2.23. The van der Waals surface area contributed by atoms with Crippen molar-refractivity contribution in [3.63, 3.8) is 0 Å². The van der Waals surface area contributed by atoms with Crippen molar-refractivity contribution >= 4 is 11.9 Å². The van der Waals surface area contributed by atoms with Gasteiger partial charge in [0.1, 0.15) is 0 Å². The van der Waals surface area contributed by atoms with E-state index in [9.17, 15) is 9.59 Å². The first-order valence-electron chi connectivity index (χ1n) is 8.48. The van der Waals surface area contributed by atoms with E-state index in [0.717, 1.165) is 12.0 Å². The molecule has 4 heteroatoms. The topological polar surface area (TPSA) is 57.6 Å². The third kappa shape index (κ3) is 4.57. The SMILES string of the molecule is CC(C)Cc1ccc(CCC(=O)N2CCC(C(=O)O)C2C)cc1. The Kier molecular flexibility index (Phi) is 5.80. The largest absolute Gasteiger partial charge is 0.481 e. The first kappa shape index (κ1) is 17.5. The van der Waals surface area contributed by atoms with Crippen LogP contribution in [0.1, 0.15) is 44.7 Å². The van der Waals surface area contributed by atoms with Gasteiger partial charge in [-0.05, 0) is 43.2 Å². The molecule has 1 aromatic rings. The number of carboxylic acid groups (broad SMARTS) is 1. The molecule has 0 aromatic heterocycles. The molecular formula is C19H27NO3. The first-order chi connectivity index (χ1) is 10.9. The van der Waals surface area contributed by atoms with E-state index >= 15 is 0 Å². The van der Waals surface area contributed by atoms with E-state index in [1.54, 1.807) is 4.90 Å². The molecule has 126 valence electrons. The second-order valence-electron chi connectivity index (χ2n) is 6.98. The van der Waals surface area contributed by atoms with Crippen LogP contribution in [-0.2, 0) is 22.4 Å². The monoisotopic (exact) mass is 317 g/mol. The van der Waals surface area contributed by atoms with Crippen LogP contribution in [0.3, 0.4) is 0 Å². The third-order valence-electron chi connectivity index (χ3n) is 4.69. The van der Waals surface area contributed by atoms with Gasteiger partial charge >= 0.3 is 5.97 Å². The molecule has 1 aliphatic rings. The molecule has 1 saturated heterocycles. The summed E-state index contributed by atoms with van der Waals surface area (Å²) in [6.45, 7) is 6.80. The van der Waals surface area contributed by atoms with E-state index in [2.05, 4.69) is 38.1 Å². The Bertz CT molecular complexity index is 550. The molecule has 0 saturated carbocycles. The molecule has 4 nitrogen and oxygen atoms in total. The van der Waals surface area contributed by atoms with E-state index in [1.165, 1.54) is 5.56 Å². The van der Waals surface area contributed by atoms with Gasteiger partial charge in [-0.25, -0.2) is 0 Å². The van der Waals surface area contributed by atoms with Crippen LogP contribution in [-0.4, -0.2) is 34.5 Å². The lowest BCUT2D eigenvalue weighted by Crippen LogP contribution is -2.37. The summed E-state index contributed by atoms with van der Waals surface area (Å²) in [7, 11) is 0. The lowest BCUT2D eigenvalue weighted by molar-refractivity contribution is -0.143. The van der Waals surface area contributed by atoms with Crippen molar-refractivity contribution in [2.45, 2.75) is 52.5 Å². The zero-order valence-electron chi connectivity index (χ0n) is 14.3. The maximum absolute atomic E-state index is 12.3. The summed E-state index contributed by atoms with van der Waals surface area (Å²) in [5.74, 6) is -0.517. The molecule has 2 unspecified atom stereocenters. The molecule has 0 radical (unpaired) electrons. The van der Waals surface area contributed by atoms with Gasteiger partial charge in [-0.1, -0.05) is 38.1 Å². The quantitative estimate of drug-likeness (QED) is 0.877. The predicted octanol–water partition coefficient (Wildman–Crippen LogP) is 3.14. The van der Waals surface area contributed by atoms with Crippen LogP contribution in [0, 0.1) is 11.8 Å². The molecule has 0 spiro atoms. The van der Waals surface area contributed by atoms with Crippen LogP contribution in [0.25, 0.3) is 0 Å². The van der Waals surface area contributed by atoms with Crippen LogP contribution in [0.15, 0.2) is 24.3 Å². The number of amides is 1. The molecule has 23 heavy (non-hydrogen) atoms. The summed E-state index contributed by atoms with van der Waals surface area (Å²) < 4.78 is 0. The summed E-state index contributed by atoms with van der Waals surface area (Å²) in [5.41, 5.74) is 2.49. The Morgan fingerprint density at radius 1 is 1.22 bits per heavy atom. The fraction of sp³-hybridized carbons (Fsp3) is 0.579. The molecule has 1 heterocycles. The van der Waals surface area contributed by atoms with Crippen molar-refractivity contribution in [3.05, 3.63) is 35.4 Å². The van der Waals surface area contributed by atoms with E-state index in [4.69, 9.17) is 5.11 Å². The molecule has 1 N–H and O–H groups in total. The number of aliphatic carboxylic acids is 1. The van der Waals surface area contributed by atoms with Gasteiger partial charge in [-0.15, -0.1) is 0 Å². The van der Waals surface area contributed by atoms with E-state index in [0.29, 0.717) is 31.7 Å². The smallest absolute Gasteiger partial charge is 0.308 e. The Morgan fingerprint density at radius 3 is 2.35 bits per heavy atom. The highest BCUT2D eigenvalue weighted by atomic mass is 16.4. The highest BCUT2D eigenvalue weighted by Crippen LogP contribution is 2.25. The summed E-state index contributed by atoms with van der Waals surface area (Å²) in [5, 5.41) is 9.14. The lowest BCUT2D eigenvalue weighted by atomic mass is 10.00. The second kappa shape index (κ2) is 7.62. The minimum atomic E-state index is -0.798. The minimum absolute atomic E-state index is 0.0625. The second-order valence-corrected chi connectivity index (χ2v) is 6.98. The number of hydrogen-bond acceptors (Lipinski definition) is 2. The molecular weight excluding hydrogens is 290 g/mol. The highest BCUT2D eigenvalue weighted by molar-refractivity contribution is 5.79. The fourth-order valence-electron chi connectivity index (χ4n) is 3.33. The summed E-state index contributed by atoms with van der Waals surface area (Å²) in [4.78, 5) is 25.2. The van der Waals surface area contributed by atoms with Crippen molar-refractivity contribution in [1.29, 1.82) is 0 Å². The molecule has 1 amide bonds. The number of carbonyl (C=O) groups excluding carboxylic acids is 1. The Morgan fingerprint density at radius 2 is 1.83 bits per heavy atom. The zero-order chi connectivity index (χ0) is 17.0. The molecule has 1 fully saturated rings. The predicted molar refractivity (Wildman–Crippen MR) is 90.2 cm³/mol. The number of nitrogens with zero attached hydrogens (tertiary/aromatic N) is 1. The van der Waals surface area contributed by atoms with Gasteiger partial charge < -0.3 is 10.0 Å². The van der Waals surface area contributed by atoms with Gasteiger partial charge in [-0.3, -0.25) is 9.59 Å². The van der Waals surface area contributed by atoms with Crippen molar-refractivity contribution < 1.29 is 14.7 Å². The van der Waals surface area contributed by atoms with Crippen LogP contribution >= 0.6 is 0 Å². The Hall–Kier alpha value is -1.84. The van der Waals surface area contributed by atoms with Crippen LogP contribution < -0.4 is 0 Å². The van der Waals surface area contributed by atoms with Gasteiger partial charge in [0, 0.05) is 19.0 Å². The average molecular weight is 317 g/mol. The van der Waals surface area contributed by atoms with Gasteiger partial charge in [0.15, 0.2) is 0 Å². The normalized spacial score (nSPS) is 21.0. The van der Waals surface area contributed by atoms with Gasteiger partial charge in [-0.2, -0.15) is 0 Å². The number of aryl methyl sites for hydroxylation is 1. The van der Waals surface area contributed by atoms with Gasteiger partial charge in [0.25, 0.3) is 0 Å². The number of hydrogen-bond donors (Lipinski definition) is 1. The first-order valence-corrected chi connectivity index (χ1v) is 8.48. The highest BCUT2D eigenvalue weighted by Gasteiger charge is 2.37. The van der Waals surface area contributed by atoms with Gasteiger partial charge in [0.2, 0.25) is 5.91 Å². The summed E-state index contributed by atoms with van der Waals surface area (Å²) in [6, 6.07) is 8.27. The zero-order valence-corrected chi connectivity index (χ0v) is 14.3. The van der Waals surface area contributed by atoms with Crippen molar-refractivity contribution in [2.24, 2.45) is 11.8 Å². The molecule has 2 atom stereocenters. The maximum atomic E-state index is 12.3. The fourth-order valence-corrected chi connectivity index (χ4v) is 3.33.